The summed E-state index contributed by atoms with van der Waals surface area (Å²) in [7, 11) is 1.74. The second-order valence-corrected chi connectivity index (χ2v) is 7.01. The normalized spacial score (nSPS) is 28.5. The third-order valence-electron chi connectivity index (χ3n) is 5.69. The first-order chi connectivity index (χ1) is 10.6. The number of oxazole rings is 1. The third-order valence-corrected chi connectivity index (χ3v) is 5.69. The number of aliphatic hydroxyl groups excluding tert-OH is 1. The monoisotopic (exact) mass is 302 g/mol. The molecule has 0 radical (unpaired) electrons. The Morgan fingerprint density at radius 1 is 1.45 bits per heavy atom. The van der Waals surface area contributed by atoms with Gasteiger partial charge < -0.3 is 9.52 Å². The van der Waals surface area contributed by atoms with Crippen LogP contribution >= 0.6 is 0 Å². The fraction of sp³-hybridized carbons (Fsp3) is 0.588. The average molecular weight is 302 g/mol. The van der Waals surface area contributed by atoms with Gasteiger partial charge in [-0.3, -0.25) is 9.47 Å². The zero-order valence-corrected chi connectivity index (χ0v) is 12.9. The molecule has 1 saturated heterocycles. The minimum absolute atomic E-state index is 0.132. The van der Waals surface area contributed by atoms with Crippen LogP contribution in [0.4, 0.5) is 0 Å². The molecule has 2 fully saturated rings. The molecule has 1 aliphatic heterocycles. The number of hydrogen-bond acceptors (Lipinski definition) is 4. The van der Waals surface area contributed by atoms with E-state index in [1.165, 1.54) is 18.4 Å². The van der Waals surface area contributed by atoms with Gasteiger partial charge in [0.15, 0.2) is 5.58 Å². The summed E-state index contributed by atoms with van der Waals surface area (Å²) in [6.45, 7) is 3.23. The van der Waals surface area contributed by atoms with Crippen molar-refractivity contribution < 1.29 is 9.52 Å². The lowest BCUT2D eigenvalue weighted by Crippen LogP contribution is -2.30. The zero-order valence-electron chi connectivity index (χ0n) is 12.9. The highest BCUT2D eigenvalue weighted by Crippen LogP contribution is 2.48. The first-order valence-electron chi connectivity index (χ1n) is 8.03. The molecule has 2 aliphatic rings. The Kier molecular flexibility index (Phi) is 3.16. The Morgan fingerprint density at radius 2 is 2.32 bits per heavy atom. The summed E-state index contributed by atoms with van der Waals surface area (Å²) in [6.07, 6.45) is 3.65. The molecule has 0 bridgehead atoms. The number of aryl methyl sites for hydroxylation is 1. The number of hydrogen-bond donors (Lipinski definition) is 1. The Labute approximate surface area is 129 Å². The molecule has 1 aliphatic carbocycles. The average Bonchev–Trinajstić information content (AvgIpc) is 3.12. The molecule has 4 rings (SSSR count). The van der Waals surface area contributed by atoms with Crippen molar-refractivity contribution >= 4 is 11.1 Å². The summed E-state index contributed by atoms with van der Waals surface area (Å²) in [5, 5.41) is 9.81. The van der Waals surface area contributed by atoms with Crippen molar-refractivity contribution in [3.8, 4) is 0 Å². The molecule has 1 aromatic carbocycles. The van der Waals surface area contributed by atoms with Gasteiger partial charge >= 0.3 is 5.76 Å². The smallest absolute Gasteiger partial charge is 0.408 e. The number of rotatable bonds is 3. The molecule has 1 saturated carbocycles. The number of aromatic nitrogens is 1. The van der Waals surface area contributed by atoms with Crippen LogP contribution in [0.15, 0.2) is 27.4 Å². The van der Waals surface area contributed by atoms with E-state index in [0.29, 0.717) is 18.1 Å². The molecule has 1 aromatic heterocycles. The molecule has 0 unspecified atom stereocenters. The summed E-state index contributed by atoms with van der Waals surface area (Å²) < 4.78 is 6.73. The Hall–Kier alpha value is -1.59. The standard InChI is InChI=1S/C17H22N2O3/c1-18-14-7-12(4-5-15(14)22-16(18)21)8-19-9-13-3-2-6-17(13,10-19)11-20/h4-5,7,13,20H,2-3,6,8-11H2,1H3/t13-,17+/m0/s1. The highest BCUT2D eigenvalue weighted by Gasteiger charge is 2.48. The van der Waals surface area contributed by atoms with E-state index in [2.05, 4.69) is 4.90 Å². The maximum absolute atomic E-state index is 11.6. The van der Waals surface area contributed by atoms with Crippen LogP contribution in [-0.4, -0.2) is 34.3 Å². The van der Waals surface area contributed by atoms with Gasteiger partial charge in [0.05, 0.1) is 12.1 Å². The van der Waals surface area contributed by atoms with E-state index < -0.39 is 0 Å². The zero-order chi connectivity index (χ0) is 15.3. The SMILES string of the molecule is Cn1c(=O)oc2ccc(CN3C[C@@H]4CCC[C@]4(CO)C3)cc21. The molecule has 5 heteroatoms. The van der Waals surface area contributed by atoms with Crippen LogP contribution in [0.5, 0.6) is 0 Å². The number of aliphatic hydroxyl groups is 1. The van der Waals surface area contributed by atoms with E-state index in [1.807, 2.05) is 18.2 Å². The van der Waals surface area contributed by atoms with Gasteiger partial charge in [-0.05, 0) is 36.5 Å². The predicted octanol–water partition coefficient (Wildman–Crippen LogP) is 1.73. The summed E-state index contributed by atoms with van der Waals surface area (Å²) in [5.74, 6) is 0.321. The lowest BCUT2D eigenvalue weighted by molar-refractivity contribution is 0.111. The van der Waals surface area contributed by atoms with Crippen LogP contribution in [0.25, 0.3) is 11.1 Å². The molecule has 2 heterocycles. The van der Waals surface area contributed by atoms with Crippen molar-refractivity contribution in [2.24, 2.45) is 18.4 Å². The quantitative estimate of drug-likeness (QED) is 0.938. The Morgan fingerprint density at radius 3 is 3.09 bits per heavy atom. The van der Waals surface area contributed by atoms with Gasteiger partial charge in [0.1, 0.15) is 0 Å². The highest BCUT2D eigenvalue weighted by molar-refractivity contribution is 5.73. The minimum Gasteiger partial charge on any atom is -0.408 e. The first kappa shape index (κ1) is 14.0. The van der Waals surface area contributed by atoms with Gasteiger partial charge in [-0.1, -0.05) is 12.5 Å². The summed E-state index contributed by atoms with van der Waals surface area (Å²) in [6, 6.07) is 5.95. The lowest BCUT2D eigenvalue weighted by Gasteiger charge is -2.26. The largest absolute Gasteiger partial charge is 0.419 e. The maximum atomic E-state index is 11.6. The fourth-order valence-corrected chi connectivity index (χ4v) is 4.43. The predicted molar refractivity (Wildman–Crippen MR) is 83.6 cm³/mol. The Balaban J connectivity index is 1.57. The molecule has 2 aromatic rings. The van der Waals surface area contributed by atoms with Crippen molar-refractivity contribution in [2.45, 2.75) is 25.8 Å². The Bertz CT molecular complexity index is 763. The number of likely N-dealkylation sites (tertiary alicyclic amines) is 1. The van der Waals surface area contributed by atoms with Gasteiger partial charge in [-0.25, -0.2) is 4.79 Å². The van der Waals surface area contributed by atoms with Crippen molar-refractivity contribution in [2.75, 3.05) is 19.7 Å². The fourth-order valence-electron chi connectivity index (χ4n) is 4.43. The van der Waals surface area contributed by atoms with E-state index in [1.54, 1.807) is 11.6 Å². The first-order valence-corrected chi connectivity index (χ1v) is 8.03. The number of nitrogens with zero attached hydrogens (tertiary/aromatic N) is 2. The second kappa shape index (κ2) is 4.96. The summed E-state index contributed by atoms with van der Waals surface area (Å²) >= 11 is 0. The third kappa shape index (κ3) is 2.03. The van der Waals surface area contributed by atoms with E-state index in [4.69, 9.17) is 4.42 Å². The van der Waals surface area contributed by atoms with Crippen molar-refractivity contribution in [3.63, 3.8) is 0 Å². The van der Waals surface area contributed by atoms with E-state index in [9.17, 15) is 9.90 Å². The van der Waals surface area contributed by atoms with E-state index in [0.717, 1.165) is 31.6 Å². The van der Waals surface area contributed by atoms with Crippen LogP contribution < -0.4 is 5.76 Å². The molecule has 22 heavy (non-hydrogen) atoms. The molecule has 0 spiro atoms. The van der Waals surface area contributed by atoms with Crippen molar-refractivity contribution in [3.05, 3.63) is 34.3 Å². The lowest BCUT2D eigenvalue weighted by atomic mass is 9.82. The molecule has 5 nitrogen and oxygen atoms in total. The molecule has 0 amide bonds. The van der Waals surface area contributed by atoms with Crippen LogP contribution in [0.2, 0.25) is 0 Å². The molecule has 1 N–H and O–H groups in total. The highest BCUT2D eigenvalue weighted by atomic mass is 16.4. The number of fused-ring (bicyclic) bond motifs is 2. The van der Waals surface area contributed by atoms with Gasteiger partial charge in [0.2, 0.25) is 0 Å². The summed E-state index contributed by atoms with van der Waals surface area (Å²) in [5.41, 5.74) is 2.81. The topological polar surface area (TPSA) is 58.6 Å². The molecular weight excluding hydrogens is 280 g/mol. The molecule has 2 atom stereocenters. The van der Waals surface area contributed by atoms with Gasteiger partial charge in [0.25, 0.3) is 0 Å². The van der Waals surface area contributed by atoms with Gasteiger partial charge in [-0.15, -0.1) is 0 Å². The second-order valence-electron chi connectivity index (χ2n) is 7.01. The van der Waals surface area contributed by atoms with Crippen LogP contribution in [-0.2, 0) is 13.6 Å². The van der Waals surface area contributed by atoms with Crippen molar-refractivity contribution in [1.29, 1.82) is 0 Å². The minimum atomic E-state index is -0.318. The van der Waals surface area contributed by atoms with E-state index >= 15 is 0 Å². The maximum Gasteiger partial charge on any atom is 0.419 e. The van der Waals surface area contributed by atoms with Gasteiger partial charge in [-0.2, -0.15) is 0 Å². The van der Waals surface area contributed by atoms with Crippen LogP contribution in [0, 0.1) is 11.3 Å². The molecule has 118 valence electrons. The van der Waals surface area contributed by atoms with Crippen LogP contribution in [0.3, 0.4) is 0 Å². The number of benzene rings is 1. The van der Waals surface area contributed by atoms with Gasteiger partial charge in [0, 0.05) is 32.1 Å². The van der Waals surface area contributed by atoms with Crippen molar-refractivity contribution in [1.82, 2.24) is 9.47 Å². The van der Waals surface area contributed by atoms with Crippen LogP contribution in [0.1, 0.15) is 24.8 Å². The molecular formula is C17H22N2O3. The van der Waals surface area contributed by atoms with E-state index in [-0.39, 0.29) is 11.2 Å². The summed E-state index contributed by atoms with van der Waals surface area (Å²) in [4.78, 5) is 14.0.